The lowest BCUT2D eigenvalue weighted by Crippen LogP contribution is -2.49. The van der Waals surface area contributed by atoms with Crippen molar-refractivity contribution in [1.29, 1.82) is 0 Å². The maximum Gasteiger partial charge on any atom is 0.223 e. The van der Waals surface area contributed by atoms with Crippen molar-refractivity contribution in [2.45, 2.75) is 19.3 Å². The number of halogens is 1. The first kappa shape index (κ1) is 15.6. The van der Waals surface area contributed by atoms with Crippen LogP contribution in [0.3, 0.4) is 0 Å². The quantitative estimate of drug-likeness (QED) is 0.855. The molecule has 0 aliphatic carbocycles. The summed E-state index contributed by atoms with van der Waals surface area (Å²) in [5, 5.41) is 0.668. The van der Waals surface area contributed by atoms with Crippen molar-refractivity contribution in [3.63, 3.8) is 0 Å². The van der Waals surface area contributed by atoms with Crippen LogP contribution in [-0.2, 0) is 9.53 Å². The Bertz CT molecular complexity index is 512. The van der Waals surface area contributed by atoms with Gasteiger partial charge in [-0.3, -0.25) is 4.79 Å². The van der Waals surface area contributed by atoms with Crippen molar-refractivity contribution in [3.8, 4) is 0 Å². The Morgan fingerprint density at radius 2 is 2.18 bits per heavy atom. The van der Waals surface area contributed by atoms with E-state index in [1.807, 2.05) is 17.0 Å². The summed E-state index contributed by atoms with van der Waals surface area (Å²) in [6, 6.07) is 3.68. The predicted molar refractivity (Wildman–Crippen MR) is 86.2 cm³/mol. The Balaban J connectivity index is 1.51. The van der Waals surface area contributed by atoms with E-state index < -0.39 is 0 Å². The van der Waals surface area contributed by atoms with E-state index in [-0.39, 0.29) is 5.91 Å². The minimum Gasteiger partial charge on any atom is -0.381 e. The van der Waals surface area contributed by atoms with E-state index in [0.29, 0.717) is 17.4 Å². The lowest BCUT2D eigenvalue weighted by atomic mass is 9.98. The average molecular weight is 324 g/mol. The molecule has 0 spiro atoms. The topological polar surface area (TPSA) is 45.7 Å². The summed E-state index contributed by atoms with van der Waals surface area (Å²) in [5.74, 6) is 1.46. The number of piperazine rings is 1. The highest BCUT2D eigenvalue weighted by Crippen LogP contribution is 2.24. The van der Waals surface area contributed by atoms with Crippen LogP contribution in [0, 0.1) is 5.92 Å². The first-order chi connectivity index (χ1) is 10.7. The minimum atomic E-state index is 0.252. The van der Waals surface area contributed by atoms with E-state index in [1.165, 1.54) is 0 Å². The molecule has 0 radical (unpaired) electrons. The van der Waals surface area contributed by atoms with Gasteiger partial charge in [-0.15, -0.1) is 0 Å². The maximum absolute atomic E-state index is 12.4. The van der Waals surface area contributed by atoms with Crippen molar-refractivity contribution in [2.24, 2.45) is 5.92 Å². The predicted octanol–water partition coefficient (Wildman–Crippen LogP) is 2.20. The van der Waals surface area contributed by atoms with Crippen LogP contribution in [0.25, 0.3) is 0 Å². The Labute approximate surface area is 136 Å². The summed E-state index contributed by atoms with van der Waals surface area (Å²) in [6.07, 6.45) is 4.55. The second-order valence-corrected chi connectivity index (χ2v) is 6.37. The molecule has 0 bridgehead atoms. The summed E-state index contributed by atoms with van der Waals surface area (Å²) in [4.78, 5) is 20.8. The van der Waals surface area contributed by atoms with Gasteiger partial charge in [-0.25, -0.2) is 4.98 Å². The Kier molecular flexibility index (Phi) is 5.16. The summed E-state index contributed by atoms with van der Waals surface area (Å²) in [7, 11) is 0. The highest BCUT2D eigenvalue weighted by atomic mass is 35.5. The number of carbonyl (C=O) groups excluding carboxylic acids is 1. The molecule has 5 nitrogen and oxygen atoms in total. The molecule has 2 fully saturated rings. The van der Waals surface area contributed by atoms with Crippen LogP contribution < -0.4 is 4.90 Å². The number of nitrogens with zero attached hydrogens (tertiary/aromatic N) is 3. The van der Waals surface area contributed by atoms with Gasteiger partial charge < -0.3 is 14.5 Å². The summed E-state index contributed by atoms with van der Waals surface area (Å²) >= 11 is 6.19. The second kappa shape index (κ2) is 7.29. The van der Waals surface area contributed by atoms with Crippen LogP contribution in [-0.4, -0.2) is 55.2 Å². The van der Waals surface area contributed by atoms with Gasteiger partial charge in [0.05, 0.1) is 5.02 Å². The maximum atomic E-state index is 12.4. The normalized spacial score (nSPS) is 22.7. The lowest BCUT2D eigenvalue weighted by molar-refractivity contribution is -0.133. The second-order valence-electron chi connectivity index (χ2n) is 5.96. The monoisotopic (exact) mass is 323 g/mol. The number of hydrogen-bond acceptors (Lipinski definition) is 4. The van der Waals surface area contributed by atoms with Crippen molar-refractivity contribution in [1.82, 2.24) is 9.88 Å². The van der Waals surface area contributed by atoms with Gasteiger partial charge in [0.2, 0.25) is 5.91 Å². The average Bonchev–Trinajstić information content (AvgIpc) is 2.56. The molecule has 0 aromatic carbocycles. The van der Waals surface area contributed by atoms with E-state index >= 15 is 0 Å². The molecule has 2 aliphatic heterocycles. The van der Waals surface area contributed by atoms with Crippen LogP contribution in [0.5, 0.6) is 0 Å². The molecule has 1 aromatic heterocycles. The fourth-order valence-electron chi connectivity index (χ4n) is 3.12. The largest absolute Gasteiger partial charge is 0.381 e. The van der Waals surface area contributed by atoms with Gasteiger partial charge in [0.15, 0.2) is 0 Å². The van der Waals surface area contributed by atoms with E-state index in [0.717, 1.165) is 58.1 Å². The van der Waals surface area contributed by atoms with E-state index in [1.54, 1.807) is 6.20 Å². The van der Waals surface area contributed by atoms with Crippen LogP contribution in [0.15, 0.2) is 18.3 Å². The molecule has 6 heteroatoms. The molecule has 2 saturated heterocycles. The smallest absolute Gasteiger partial charge is 0.223 e. The van der Waals surface area contributed by atoms with Gasteiger partial charge in [-0.05, 0) is 30.9 Å². The van der Waals surface area contributed by atoms with Crippen molar-refractivity contribution >= 4 is 23.3 Å². The number of amides is 1. The van der Waals surface area contributed by atoms with E-state index in [2.05, 4.69) is 9.88 Å². The summed E-state index contributed by atoms with van der Waals surface area (Å²) < 4.78 is 5.46. The van der Waals surface area contributed by atoms with Crippen molar-refractivity contribution < 1.29 is 9.53 Å². The molecule has 2 aliphatic rings. The number of ether oxygens (including phenoxy) is 1. The number of carbonyl (C=O) groups is 1. The fraction of sp³-hybridized carbons (Fsp3) is 0.625. The fourth-order valence-corrected chi connectivity index (χ4v) is 3.36. The van der Waals surface area contributed by atoms with Crippen LogP contribution in [0.4, 0.5) is 5.82 Å². The number of rotatable bonds is 3. The minimum absolute atomic E-state index is 0.252. The van der Waals surface area contributed by atoms with Gasteiger partial charge in [-0.1, -0.05) is 11.6 Å². The number of anilines is 1. The van der Waals surface area contributed by atoms with Crippen LogP contribution in [0.1, 0.15) is 19.3 Å². The SMILES string of the molecule is O=C(C[C@H]1CCCOC1)N1CCN(c2ncccc2Cl)CC1. The third-order valence-corrected chi connectivity index (χ3v) is 4.68. The molecule has 3 heterocycles. The first-order valence-corrected chi connectivity index (χ1v) is 8.33. The zero-order valence-electron chi connectivity index (χ0n) is 12.7. The molecule has 22 heavy (non-hydrogen) atoms. The van der Waals surface area contributed by atoms with Crippen LogP contribution in [0.2, 0.25) is 5.02 Å². The van der Waals surface area contributed by atoms with E-state index in [4.69, 9.17) is 16.3 Å². The van der Waals surface area contributed by atoms with Gasteiger partial charge >= 0.3 is 0 Å². The standard InChI is InChI=1S/C16H22ClN3O2/c17-14-4-1-5-18-16(14)20-8-6-19(7-9-20)15(21)11-13-3-2-10-22-12-13/h1,4-5,13H,2-3,6-12H2/t13-/m1/s1. The Hall–Kier alpha value is -1.33. The van der Waals surface area contributed by atoms with Crippen LogP contribution >= 0.6 is 11.6 Å². The first-order valence-electron chi connectivity index (χ1n) is 7.95. The molecule has 0 saturated carbocycles. The number of pyridine rings is 1. The zero-order valence-corrected chi connectivity index (χ0v) is 13.5. The molecule has 120 valence electrons. The third-order valence-electron chi connectivity index (χ3n) is 4.39. The highest BCUT2D eigenvalue weighted by Gasteiger charge is 2.25. The summed E-state index contributed by atoms with van der Waals surface area (Å²) in [6.45, 7) is 4.61. The lowest BCUT2D eigenvalue weighted by Gasteiger charge is -2.36. The zero-order chi connectivity index (χ0) is 15.4. The van der Waals surface area contributed by atoms with E-state index in [9.17, 15) is 4.79 Å². The van der Waals surface area contributed by atoms with Gasteiger partial charge in [0, 0.05) is 52.0 Å². The Morgan fingerprint density at radius 1 is 1.36 bits per heavy atom. The molecule has 0 N–H and O–H groups in total. The highest BCUT2D eigenvalue weighted by molar-refractivity contribution is 6.32. The molecule has 0 unspecified atom stereocenters. The number of hydrogen-bond donors (Lipinski definition) is 0. The van der Waals surface area contributed by atoms with Crippen molar-refractivity contribution in [3.05, 3.63) is 23.4 Å². The third kappa shape index (κ3) is 3.70. The molecule has 3 rings (SSSR count). The Morgan fingerprint density at radius 3 is 2.86 bits per heavy atom. The summed E-state index contributed by atoms with van der Waals surface area (Å²) in [5.41, 5.74) is 0. The molecule has 1 aromatic rings. The number of aromatic nitrogens is 1. The molecule has 1 atom stereocenters. The van der Waals surface area contributed by atoms with Gasteiger partial charge in [0.25, 0.3) is 0 Å². The molecular formula is C16H22ClN3O2. The van der Waals surface area contributed by atoms with Crippen molar-refractivity contribution in [2.75, 3.05) is 44.3 Å². The molecular weight excluding hydrogens is 302 g/mol. The molecule has 1 amide bonds. The van der Waals surface area contributed by atoms with Gasteiger partial charge in [0.1, 0.15) is 5.82 Å². The van der Waals surface area contributed by atoms with Gasteiger partial charge in [-0.2, -0.15) is 0 Å².